The van der Waals surface area contributed by atoms with Crippen molar-refractivity contribution in [3.05, 3.63) is 29.8 Å². The van der Waals surface area contributed by atoms with Gasteiger partial charge in [-0.15, -0.1) is 0 Å². The lowest BCUT2D eigenvalue weighted by atomic mass is 10.2. The highest BCUT2D eigenvalue weighted by molar-refractivity contribution is 5.69. The fourth-order valence-electron chi connectivity index (χ4n) is 1.50. The predicted molar refractivity (Wildman–Crippen MR) is 71.8 cm³/mol. The molecule has 0 bridgehead atoms. The summed E-state index contributed by atoms with van der Waals surface area (Å²) in [6.45, 7) is 8.02. The second-order valence-corrected chi connectivity index (χ2v) is 5.19. The molecular weight excluding hydrogens is 228 g/mol. The first-order chi connectivity index (χ1) is 8.40. The van der Waals surface area contributed by atoms with E-state index in [1.54, 1.807) is 0 Å². The SMILES string of the molecule is CCc1cccc(OCCC(=O)OC(C)(C)C)c1. The van der Waals surface area contributed by atoms with Gasteiger partial charge in [0.1, 0.15) is 11.4 Å². The minimum Gasteiger partial charge on any atom is -0.493 e. The summed E-state index contributed by atoms with van der Waals surface area (Å²) in [6.07, 6.45) is 1.25. The number of carbonyl (C=O) groups excluding carboxylic acids is 1. The largest absolute Gasteiger partial charge is 0.493 e. The molecule has 0 heterocycles. The van der Waals surface area contributed by atoms with E-state index in [4.69, 9.17) is 9.47 Å². The van der Waals surface area contributed by atoms with Gasteiger partial charge in [0.2, 0.25) is 0 Å². The number of benzene rings is 1. The zero-order valence-electron chi connectivity index (χ0n) is 11.7. The summed E-state index contributed by atoms with van der Waals surface area (Å²) < 4.78 is 10.7. The van der Waals surface area contributed by atoms with Crippen LogP contribution in [-0.4, -0.2) is 18.2 Å². The van der Waals surface area contributed by atoms with Crippen LogP contribution in [0.2, 0.25) is 0 Å². The molecule has 0 unspecified atom stereocenters. The van der Waals surface area contributed by atoms with Crippen LogP contribution in [0.5, 0.6) is 5.75 Å². The molecule has 0 fully saturated rings. The topological polar surface area (TPSA) is 35.5 Å². The highest BCUT2D eigenvalue weighted by atomic mass is 16.6. The summed E-state index contributed by atoms with van der Waals surface area (Å²) in [7, 11) is 0. The van der Waals surface area contributed by atoms with Crippen LogP contribution in [-0.2, 0) is 16.0 Å². The summed E-state index contributed by atoms with van der Waals surface area (Å²) in [5.74, 6) is 0.576. The second kappa shape index (κ2) is 6.43. The molecule has 0 amide bonds. The van der Waals surface area contributed by atoms with Crippen molar-refractivity contribution in [3.63, 3.8) is 0 Å². The summed E-state index contributed by atoms with van der Waals surface area (Å²) in [5, 5.41) is 0. The quantitative estimate of drug-likeness (QED) is 0.752. The van der Waals surface area contributed by atoms with E-state index < -0.39 is 5.60 Å². The van der Waals surface area contributed by atoms with Crippen LogP contribution in [0.4, 0.5) is 0 Å². The first-order valence-electron chi connectivity index (χ1n) is 6.34. The fraction of sp³-hybridized carbons (Fsp3) is 0.533. The summed E-state index contributed by atoms with van der Waals surface area (Å²) >= 11 is 0. The summed E-state index contributed by atoms with van der Waals surface area (Å²) in [6, 6.07) is 7.91. The Labute approximate surface area is 109 Å². The molecule has 18 heavy (non-hydrogen) atoms. The van der Waals surface area contributed by atoms with Gasteiger partial charge in [-0.25, -0.2) is 0 Å². The lowest BCUT2D eigenvalue weighted by molar-refractivity contribution is -0.155. The molecular formula is C15H22O3. The zero-order valence-corrected chi connectivity index (χ0v) is 11.7. The average molecular weight is 250 g/mol. The molecule has 0 saturated heterocycles. The maximum Gasteiger partial charge on any atom is 0.309 e. The van der Waals surface area contributed by atoms with Crippen LogP contribution < -0.4 is 4.74 Å². The second-order valence-electron chi connectivity index (χ2n) is 5.19. The molecule has 0 spiro atoms. The van der Waals surface area contributed by atoms with E-state index in [0.717, 1.165) is 12.2 Å². The molecule has 3 heteroatoms. The Morgan fingerprint density at radius 1 is 1.28 bits per heavy atom. The summed E-state index contributed by atoms with van der Waals surface area (Å²) in [4.78, 5) is 11.5. The van der Waals surface area contributed by atoms with Crippen molar-refractivity contribution in [3.8, 4) is 5.75 Å². The van der Waals surface area contributed by atoms with E-state index in [2.05, 4.69) is 13.0 Å². The first kappa shape index (κ1) is 14.6. The van der Waals surface area contributed by atoms with Gasteiger partial charge in [-0.2, -0.15) is 0 Å². The molecule has 0 radical (unpaired) electrons. The van der Waals surface area contributed by atoms with E-state index in [1.165, 1.54) is 5.56 Å². The lowest BCUT2D eigenvalue weighted by Gasteiger charge is -2.19. The minimum absolute atomic E-state index is 0.228. The summed E-state index contributed by atoms with van der Waals surface area (Å²) in [5.41, 5.74) is 0.795. The van der Waals surface area contributed by atoms with Crippen LogP contribution in [0, 0.1) is 0 Å². The first-order valence-corrected chi connectivity index (χ1v) is 6.34. The number of hydrogen-bond acceptors (Lipinski definition) is 3. The zero-order chi connectivity index (χ0) is 13.6. The van der Waals surface area contributed by atoms with Gasteiger partial charge in [0.25, 0.3) is 0 Å². The highest BCUT2D eigenvalue weighted by Crippen LogP contribution is 2.14. The van der Waals surface area contributed by atoms with Gasteiger partial charge in [-0.05, 0) is 44.9 Å². The fourth-order valence-corrected chi connectivity index (χ4v) is 1.50. The third kappa shape index (κ3) is 5.71. The van der Waals surface area contributed by atoms with Gasteiger partial charge >= 0.3 is 5.97 Å². The van der Waals surface area contributed by atoms with Crippen molar-refractivity contribution in [2.75, 3.05) is 6.61 Å². The Morgan fingerprint density at radius 3 is 2.61 bits per heavy atom. The highest BCUT2D eigenvalue weighted by Gasteiger charge is 2.15. The van der Waals surface area contributed by atoms with Crippen LogP contribution in [0.3, 0.4) is 0 Å². The third-order valence-electron chi connectivity index (χ3n) is 2.30. The van der Waals surface area contributed by atoms with E-state index in [1.807, 2.05) is 39.0 Å². The van der Waals surface area contributed by atoms with Gasteiger partial charge in [-0.1, -0.05) is 19.1 Å². The molecule has 1 rings (SSSR count). The van der Waals surface area contributed by atoms with E-state index in [9.17, 15) is 4.79 Å². The number of carbonyl (C=O) groups is 1. The number of hydrogen-bond donors (Lipinski definition) is 0. The third-order valence-corrected chi connectivity index (χ3v) is 2.30. The van der Waals surface area contributed by atoms with Crippen molar-refractivity contribution in [1.82, 2.24) is 0 Å². The number of aryl methyl sites for hydroxylation is 1. The molecule has 0 N–H and O–H groups in total. The molecule has 3 nitrogen and oxygen atoms in total. The molecule has 0 saturated carbocycles. The van der Waals surface area contributed by atoms with Gasteiger partial charge in [0.15, 0.2) is 0 Å². The van der Waals surface area contributed by atoms with Crippen molar-refractivity contribution in [2.24, 2.45) is 0 Å². The Morgan fingerprint density at radius 2 is 2.00 bits per heavy atom. The van der Waals surface area contributed by atoms with Crippen LogP contribution in [0.15, 0.2) is 24.3 Å². The Hall–Kier alpha value is -1.51. The smallest absolute Gasteiger partial charge is 0.309 e. The van der Waals surface area contributed by atoms with Crippen LogP contribution in [0.25, 0.3) is 0 Å². The van der Waals surface area contributed by atoms with Crippen LogP contribution in [0.1, 0.15) is 39.7 Å². The van der Waals surface area contributed by atoms with Crippen molar-refractivity contribution >= 4 is 5.97 Å². The average Bonchev–Trinajstić information content (AvgIpc) is 2.27. The molecule has 0 aliphatic rings. The predicted octanol–water partition coefficient (Wildman–Crippen LogP) is 3.36. The molecule has 1 aromatic carbocycles. The van der Waals surface area contributed by atoms with Crippen LogP contribution >= 0.6 is 0 Å². The van der Waals surface area contributed by atoms with E-state index in [-0.39, 0.29) is 12.4 Å². The molecule has 0 aliphatic heterocycles. The Bertz CT molecular complexity index is 391. The van der Waals surface area contributed by atoms with Crippen molar-refractivity contribution in [1.29, 1.82) is 0 Å². The minimum atomic E-state index is -0.431. The number of ether oxygens (including phenoxy) is 2. The molecule has 100 valence electrons. The number of rotatable bonds is 5. The Kier molecular flexibility index (Phi) is 5.20. The lowest BCUT2D eigenvalue weighted by Crippen LogP contribution is -2.24. The van der Waals surface area contributed by atoms with Gasteiger partial charge in [0.05, 0.1) is 13.0 Å². The molecule has 0 atom stereocenters. The van der Waals surface area contributed by atoms with Crippen molar-refractivity contribution < 1.29 is 14.3 Å². The Balaban J connectivity index is 2.35. The number of esters is 1. The van der Waals surface area contributed by atoms with Gasteiger partial charge < -0.3 is 9.47 Å². The van der Waals surface area contributed by atoms with Gasteiger partial charge in [0, 0.05) is 0 Å². The maximum absolute atomic E-state index is 11.5. The van der Waals surface area contributed by atoms with E-state index in [0.29, 0.717) is 6.61 Å². The normalized spacial score (nSPS) is 11.1. The molecule has 0 aliphatic carbocycles. The molecule has 0 aromatic heterocycles. The monoisotopic (exact) mass is 250 g/mol. The van der Waals surface area contributed by atoms with E-state index >= 15 is 0 Å². The standard InChI is InChI=1S/C15H22O3/c1-5-12-7-6-8-13(11-12)17-10-9-14(16)18-15(2,3)4/h6-8,11H,5,9-10H2,1-4H3. The van der Waals surface area contributed by atoms with Gasteiger partial charge in [-0.3, -0.25) is 4.79 Å². The van der Waals surface area contributed by atoms with Crippen molar-refractivity contribution in [2.45, 2.75) is 46.1 Å². The molecule has 1 aromatic rings. The maximum atomic E-state index is 11.5.